The Morgan fingerprint density at radius 3 is 2.35 bits per heavy atom. The minimum absolute atomic E-state index is 0.0180. The normalized spacial score (nSPS) is 18.5. The average molecular weight is 1220 g/mol. The van der Waals surface area contributed by atoms with E-state index in [0.29, 0.717) is 19.3 Å². The zero-order valence-electron chi connectivity index (χ0n) is 43.0. The molecular weight excluding hydrogens is 1160 g/mol. The van der Waals surface area contributed by atoms with Crippen LogP contribution in [0.1, 0.15) is 75.4 Å². The molecular formula is C45H59N10O20P3S2. The Hall–Kier alpha value is -5.63. The van der Waals surface area contributed by atoms with Crippen LogP contribution in [0.25, 0.3) is 44.6 Å². The number of rotatable bonds is 27. The van der Waals surface area contributed by atoms with Gasteiger partial charge in [-0.05, 0) is 62.9 Å². The molecule has 2 aromatic carbocycles. The predicted octanol–water partition coefficient (Wildman–Crippen LogP) is 2.33. The predicted molar refractivity (Wildman–Crippen MR) is 282 cm³/mol. The standard InChI is InChI=1S/C45H59N10O20P3S2/c1-4-47-31-18-16-29-37(30-17-19-32(48-5-2)42(80(68,69)70)40(30)73-39(29)41(31)79(65,66)67)27-13-8-9-14-28(27)45(58)54(3)22-12-15-35(57)49-20-10-6-7-11-21-53-76(59,60)74-78(63,64)75-77(61,62)71-24-34-33(56)23-36(72-34)55-26-52-38-43(46)50-25-51-44(38)55/h8-9,13-14,16-19,25-26,33-34,36,47,56H,4-7,10-12,15,20-24H2,1-3H3,(H,49,57)(H,61,62)(H,63,64)(H2,46,50,51)(H2,53,59,60)(H,65,66,67)(H,68,69,70)/t33-,34+,36+/m0/s1. The number of amides is 2. The molecule has 35 heteroatoms. The van der Waals surface area contributed by atoms with Gasteiger partial charge in [0.25, 0.3) is 5.91 Å². The number of nitrogens with two attached hydrogens (primary N) is 1. The topological polar surface area (TPSA) is 451 Å². The van der Waals surface area contributed by atoms with Crippen LogP contribution >= 0.6 is 23.4 Å². The number of unbranched alkanes of at least 4 members (excludes halogenated alkanes) is 3. The summed E-state index contributed by atoms with van der Waals surface area (Å²) in [6, 6.07) is 11.9. The van der Waals surface area contributed by atoms with Crippen LogP contribution in [0.5, 0.6) is 0 Å². The molecule has 1 saturated heterocycles. The molecule has 4 heterocycles. The summed E-state index contributed by atoms with van der Waals surface area (Å²) in [5, 5.41) is 18.1. The lowest BCUT2D eigenvalue weighted by Gasteiger charge is -2.23. The molecule has 80 heavy (non-hydrogen) atoms. The Bertz CT molecular complexity index is 3700. The number of carbonyl (C=O) groups excluding carboxylic acids is 2. The third kappa shape index (κ3) is 15.1. The molecule has 4 aromatic rings. The van der Waals surface area contributed by atoms with Gasteiger partial charge in [-0.2, -0.15) is 17.0 Å². The SMILES string of the molecule is CCNc1ccc2c(-c3ccccc3C(=O)N(C)CCCC(=O)NCCCCCCNP(=O)(O)OP(=O)(O)OP(=O)(O)OC[C@H]3O[C@@H](n4cnc5c(N)ncnc54)C[C@@H]3O)c3ccc(=[NH+]CC)c(S(=O)(=O)O)c-3oc2c1S(=O)(=O)[O-]. The van der Waals surface area contributed by atoms with Gasteiger partial charge in [0.2, 0.25) is 16.2 Å². The number of nitrogen functional groups attached to an aromatic ring is 1. The highest BCUT2D eigenvalue weighted by Gasteiger charge is 2.43. The minimum Gasteiger partial charge on any atom is -0.744 e. The van der Waals surface area contributed by atoms with Gasteiger partial charge in [0.05, 0.1) is 24.7 Å². The first-order chi connectivity index (χ1) is 37.6. The number of ether oxygens (including phenoxy) is 1. The summed E-state index contributed by atoms with van der Waals surface area (Å²) < 4.78 is 139. The van der Waals surface area contributed by atoms with Gasteiger partial charge in [0.15, 0.2) is 22.8 Å². The van der Waals surface area contributed by atoms with E-state index in [2.05, 4.69) is 44.3 Å². The molecule has 3 unspecified atom stereocenters. The molecule has 1 aliphatic carbocycles. The van der Waals surface area contributed by atoms with E-state index in [4.69, 9.17) is 19.4 Å². The lowest BCUT2D eigenvalue weighted by Crippen LogP contribution is -2.76. The van der Waals surface area contributed by atoms with Crippen molar-refractivity contribution in [3.8, 4) is 22.5 Å². The second-order valence-corrected chi connectivity index (χ2v) is 25.6. The van der Waals surface area contributed by atoms with Crippen molar-refractivity contribution in [1.29, 1.82) is 0 Å². The Kier molecular flexibility index (Phi) is 19.9. The summed E-state index contributed by atoms with van der Waals surface area (Å²) >= 11 is 0. The molecule has 436 valence electrons. The van der Waals surface area contributed by atoms with Crippen LogP contribution in [-0.2, 0) is 56.6 Å². The van der Waals surface area contributed by atoms with Crippen molar-refractivity contribution in [2.45, 2.75) is 87.0 Å². The second kappa shape index (κ2) is 25.7. The number of phosphoric ester groups is 1. The summed E-state index contributed by atoms with van der Waals surface area (Å²) in [6.07, 6.45) is 1.10. The molecule has 2 amide bonds. The third-order valence-electron chi connectivity index (χ3n) is 12.3. The first-order valence-electron chi connectivity index (χ1n) is 24.6. The molecule has 0 spiro atoms. The van der Waals surface area contributed by atoms with Crippen molar-refractivity contribution in [2.75, 3.05) is 57.4 Å². The van der Waals surface area contributed by atoms with Crippen LogP contribution in [0.4, 0.5) is 11.5 Å². The van der Waals surface area contributed by atoms with Crippen LogP contribution in [0, 0.1) is 0 Å². The van der Waals surface area contributed by atoms with Crippen molar-refractivity contribution >= 4 is 89.1 Å². The highest BCUT2D eigenvalue weighted by Crippen LogP contribution is 2.66. The van der Waals surface area contributed by atoms with Crippen molar-refractivity contribution < 1.29 is 96.3 Å². The first-order valence-corrected chi connectivity index (χ1v) is 32.1. The van der Waals surface area contributed by atoms with Crippen LogP contribution < -0.4 is 31.8 Å². The van der Waals surface area contributed by atoms with Crippen LogP contribution in [0.3, 0.4) is 0 Å². The number of hydrogen-bond acceptors (Lipinski definition) is 21. The van der Waals surface area contributed by atoms with Gasteiger partial charge in [-0.25, -0.2) is 47.1 Å². The molecule has 0 saturated carbocycles. The van der Waals surface area contributed by atoms with Crippen molar-refractivity contribution in [3.63, 3.8) is 0 Å². The maximum absolute atomic E-state index is 14.2. The van der Waals surface area contributed by atoms with Crippen LogP contribution in [0.2, 0.25) is 0 Å². The number of aromatic nitrogens is 4. The fraction of sp³-hybridized carbons (Fsp3) is 0.422. The van der Waals surface area contributed by atoms with Crippen molar-refractivity contribution in [3.05, 3.63) is 72.1 Å². The number of aliphatic hydroxyl groups excluding tert-OH is 1. The molecule has 1 fully saturated rings. The number of hydrogen-bond donors (Lipinski definition) is 10. The number of benzene rings is 3. The second-order valence-electron chi connectivity index (χ2n) is 18.1. The Morgan fingerprint density at radius 2 is 1.65 bits per heavy atom. The highest BCUT2D eigenvalue weighted by atomic mass is 32.2. The number of carbonyl (C=O) groups is 2. The van der Waals surface area contributed by atoms with Gasteiger partial charge >= 0.3 is 33.5 Å². The molecule has 2 aromatic heterocycles. The van der Waals surface area contributed by atoms with Crippen molar-refractivity contribution in [1.82, 2.24) is 34.8 Å². The highest BCUT2D eigenvalue weighted by molar-refractivity contribution is 7.86. The monoisotopic (exact) mass is 1220 g/mol. The molecule has 0 radical (unpaired) electrons. The lowest BCUT2D eigenvalue weighted by atomic mass is 9.90. The Labute approximate surface area is 457 Å². The fourth-order valence-corrected chi connectivity index (χ4v) is 14.2. The fourth-order valence-electron chi connectivity index (χ4n) is 8.86. The molecule has 6 atom stereocenters. The van der Waals surface area contributed by atoms with Crippen LogP contribution in [0.15, 0.2) is 75.4 Å². The van der Waals surface area contributed by atoms with E-state index < -0.39 is 95.7 Å². The van der Waals surface area contributed by atoms with E-state index in [0.717, 1.165) is 0 Å². The summed E-state index contributed by atoms with van der Waals surface area (Å²) in [7, 11) is -25.2. The third-order valence-corrected chi connectivity index (χ3v) is 18.6. The van der Waals surface area contributed by atoms with E-state index in [1.165, 1.54) is 59.5 Å². The average Bonchev–Trinajstić information content (AvgIpc) is 3.96. The van der Waals surface area contributed by atoms with E-state index in [9.17, 15) is 69.0 Å². The molecule has 11 N–H and O–H groups in total. The van der Waals surface area contributed by atoms with Gasteiger partial charge in [-0.15, -0.1) is 0 Å². The maximum atomic E-state index is 14.2. The number of phosphoric acid groups is 2. The number of anilines is 2. The summed E-state index contributed by atoms with van der Waals surface area (Å²) in [6.45, 7) is 3.05. The van der Waals surface area contributed by atoms with E-state index in [1.807, 2.05) is 0 Å². The molecule has 7 rings (SSSR count). The lowest BCUT2D eigenvalue weighted by molar-refractivity contribution is -0.498. The van der Waals surface area contributed by atoms with E-state index in [-0.39, 0.29) is 120 Å². The largest absolute Gasteiger partial charge is 0.744 e. The van der Waals surface area contributed by atoms with Crippen LogP contribution in [-0.4, -0.2) is 141 Å². The van der Waals surface area contributed by atoms with Gasteiger partial charge in [0.1, 0.15) is 45.7 Å². The number of nitrogens with one attached hydrogen (secondary N) is 4. The van der Waals surface area contributed by atoms with Gasteiger partial charge in [-0.1, -0.05) is 31.0 Å². The molecule has 2 aliphatic heterocycles. The number of nitrogens with zero attached hydrogens (tertiary/aromatic N) is 5. The zero-order valence-corrected chi connectivity index (χ0v) is 47.3. The minimum atomic E-state index is -5.72. The zero-order chi connectivity index (χ0) is 58.4. The summed E-state index contributed by atoms with van der Waals surface area (Å²) in [5.41, 5.74) is 6.17. The van der Waals surface area contributed by atoms with Gasteiger partial charge in [-0.3, -0.25) is 23.2 Å². The number of imidazole rings is 1. The maximum Gasteiger partial charge on any atom is 0.489 e. The van der Waals surface area contributed by atoms with E-state index >= 15 is 0 Å². The van der Waals surface area contributed by atoms with Gasteiger partial charge < -0.3 is 54.8 Å². The van der Waals surface area contributed by atoms with Crippen molar-refractivity contribution in [2.24, 2.45) is 0 Å². The Balaban J connectivity index is 0.865. The molecule has 30 nitrogen and oxygen atoms in total. The number of fused-ring (bicyclic) bond motifs is 3. The summed E-state index contributed by atoms with van der Waals surface area (Å²) in [5.74, 6) is -1.24. The molecule has 0 bridgehead atoms. The Morgan fingerprint density at radius 1 is 0.925 bits per heavy atom. The van der Waals surface area contributed by atoms with E-state index in [1.54, 1.807) is 32.0 Å². The smallest absolute Gasteiger partial charge is 0.489 e. The first kappa shape index (κ1) is 62.0. The van der Waals surface area contributed by atoms with Gasteiger partial charge in [0, 0.05) is 74.2 Å². The quantitative estimate of drug-likeness (QED) is 0.0153. The molecule has 3 aliphatic rings. The summed E-state index contributed by atoms with van der Waals surface area (Å²) in [4.78, 5) is 71.9. The number of aliphatic hydroxyl groups is 1.